The molecule has 2 nitrogen and oxygen atoms in total. The van der Waals surface area contributed by atoms with Crippen molar-refractivity contribution in [2.45, 2.75) is 6.92 Å². The Labute approximate surface area is 81.3 Å². The molecule has 1 aromatic rings. The Morgan fingerprint density at radius 2 is 2.29 bits per heavy atom. The van der Waals surface area contributed by atoms with Crippen LogP contribution in [0.5, 0.6) is 0 Å². The first-order valence-electron chi connectivity index (χ1n) is 4.06. The highest BCUT2D eigenvalue weighted by Crippen LogP contribution is 2.13. The summed E-state index contributed by atoms with van der Waals surface area (Å²) in [5.74, 6) is -1.02. The quantitative estimate of drug-likeness (QED) is 0.529. The molecule has 0 atom stereocenters. The fraction of sp³-hybridized carbons (Fsp3) is 0.0909. The molecule has 1 rings (SSSR count). The van der Waals surface area contributed by atoms with Gasteiger partial charge in [-0.2, -0.15) is 5.26 Å². The second-order valence-electron chi connectivity index (χ2n) is 2.64. The van der Waals surface area contributed by atoms with Crippen LogP contribution in [0.15, 0.2) is 30.4 Å². The van der Waals surface area contributed by atoms with E-state index < -0.39 is 5.82 Å². The van der Waals surface area contributed by atoms with Crippen molar-refractivity contribution in [1.82, 2.24) is 0 Å². The first kappa shape index (κ1) is 10.1. The van der Waals surface area contributed by atoms with Crippen LogP contribution in [-0.2, 0) is 0 Å². The zero-order valence-corrected chi connectivity index (χ0v) is 7.62. The average molecular weight is 189 g/mol. The van der Waals surface area contributed by atoms with Crippen LogP contribution in [0.25, 0.3) is 0 Å². The minimum Gasteiger partial charge on any atom is -0.289 e. The lowest BCUT2D eigenvalue weighted by molar-refractivity contribution is 0.104. The highest BCUT2D eigenvalue weighted by atomic mass is 19.1. The van der Waals surface area contributed by atoms with Gasteiger partial charge in [-0.15, -0.1) is 0 Å². The molecule has 0 fully saturated rings. The number of carbonyl (C=O) groups is 1. The molecular formula is C11H8FNO. The molecule has 0 spiro atoms. The molecule has 14 heavy (non-hydrogen) atoms. The summed E-state index contributed by atoms with van der Waals surface area (Å²) in [5, 5.41) is 8.65. The van der Waals surface area contributed by atoms with E-state index >= 15 is 0 Å². The van der Waals surface area contributed by atoms with Crippen molar-refractivity contribution in [3.63, 3.8) is 0 Å². The van der Waals surface area contributed by atoms with Crippen molar-refractivity contribution in [3.8, 4) is 6.07 Å². The standard InChI is InChI=1S/C11H8FNO/c1-2-4-11(14)8-5-3-6-10(12)9(8)7-13/h2-6H,1H3. The van der Waals surface area contributed by atoms with E-state index in [-0.39, 0.29) is 16.9 Å². The van der Waals surface area contributed by atoms with Crippen molar-refractivity contribution in [2.24, 2.45) is 0 Å². The predicted octanol–water partition coefficient (Wildman–Crippen LogP) is 2.46. The Kier molecular flexibility index (Phi) is 3.14. The second kappa shape index (κ2) is 4.33. The maximum absolute atomic E-state index is 13.1. The van der Waals surface area contributed by atoms with Crippen molar-refractivity contribution in [1.29, 1.82) is 5.26 Å². The molecular weight excluding hydrogens is 181 g/mol. The number of allylic oxidation sites excluding steroid dienone is 2. The third-order valence-electron chi connectivity index (χ3n) is 1.71. The average Bonchev–Trinajstić information content (AvgIpc) is 2.17. The number of nitrogens with zero attached hydrogens (tertiary/aromatic N) is 1. The van der Waals surface area contributed by atoms with Gasteiger partial charge in [-0.1, -0.05) is 12.1 Å². The molecule has 0 unspecified atom stereocenters. The normalized spacial score (nSPS) is 10.1. The van der Waals surface area contributed by atoms with Gasteiger partial charge in [0.2, 0.25) is 0 Å². The van der Waals surface area contributed by atoms with Gasteiger partial charge in [-0.3, -0.25) is 4.79 Å². The van der Waals surface area contributed by atoms with Gasteiger partial charge < -0.3 is 0 Å². The smallest absolute Gasteiger partial charge is 0.186 e. The number of carbonyl (C=O) groups excluding carboxylic acids is 1. The molecule has 0 aliphatic rings. The number of benzene rings is 1. The predicted molar refractivity (Wildman–Crippen MR) is 50.3 cm³/mol. The first-order chi connectivity index (χ1) is 6.70. The van der Waals surface area contributed by atoms with Crippen molar-refractivity contribution < 1.29 is 9.18 Å². The van der Waals surface area contributed by atoms with Crippen LogP contribution in [0.1, 0.15) is 22.8 Å². The second-order valence-corrected chi connectivity index (χ2v) is 2.64. The van der Waals surface area contributed by atoms with E-state index in [0.29, 0.717) is 0 Å². The number of ketones is 1. The Hall–Kier alpha value is -1.95. The largest absolute Gasteiger partial charge is 0.289 e. The molecule has 0 aliphatic heterocycles. The highest BCUT2D eigenvalue weighted by molar-refractivity contribution is 6.06. The van der Waals surface area contributed by atoms with Crippen LogP contribution in [0, 0.1) is 17.1 Å². The van der Waals surface area contributed by atoms with E-state index in [1.54, 1.807) is 19.1 Å². The fourth-order valence-corrected chi connectivity index (χ4v) is 1.08. The Morgan fingerprint density at radius 3 is 2.86 bits per heavy atom. The molecule has 0 radical (unpaired) electrons. The summed E-state index contributed by atoms with van der Waals surface area (Å²) in [4.78, 5) is 11.4. The van der Waals surface area contributed by atoms with E-state index in [9.17, 15) is 9.18 Å². The van der Waals surface area contributed by atoms with Gasteiger partial charge in [0.25, 0.3) is 0 Å². The molecule has 0 aromatic heterocycles. The lowest BCUT2D eigenvalue weighted by Crippen LogP contribution is -2.00. The number of hydrogen-bond donors (Lipinski definition) is 0. The minimum atomic E-state index is -0.664. The monoisotopic (exact) mass is 189 g/mol. The van der Waals surface area contributed by atoms with E-state index in [4.69, 9.17) is 5.26 Å². The highest BCUT2D eigenvalue weighted by Gasteiger charge is 2.11. The maximum Gasteiger partial charge on any atom is 0.186 e. The van der Waals surface area contributed by atoms with Crippen LogP contribution in [-0.4, -0.2) is 5.78 Å². The zero-order valence-electron chi connectivity index (χ0n) is 7.62. The van der Waals surface area contributed by atoms with Crippen LogP contribution in [0.4, 0.5) is 4.39 Å². The summed E-state index contributed by atoms with van der Waals surface area (Å²) < 4.78 is 13.1. The number of hydrogen-bond acceptors (Lipinski definition) is 2. The van der Waals surface area contributed by atoms with Crippen molar-refractivity contribution in [3.05, 3.63) is 47.3 Å². The summed E-state index contributed by atoms with van der Waals surface area (Å²) in [5.41, 5.74) is -0.0961. The maximum atomic E-state index is 13.1. The fourth-order valence-electron chi connectivity index (χ4n) is 1.08. The molecule has 3 heteroatoms. The van der Waals surface area contributed by atoms with E-state index in [2.05, 4.69) is 0 Å². The van der Waals surface area contributed by atoms with E-state index in [1.165, 1.54) is 18.2 Å². The lowest BCUT2D eigenvalue weighted by Gasteiger charge is -1.99. The van der Waals surface area contributed by atoms with Gasteiger partial charge in [0.1, 0.15) is 11.9 Å². The third-order valence-corrected chi connectivity index (χ3v) is 1.71. The van der Waals surface area contributed by atoms with E-state index in [0.717, 1.165) is 6.07 Å². The van der Waals surface area contributed by atoms with Crippen LogP contribution < -0.4 is 0 Å². The van der Waals surface area contributed by atoms with Crippen LogP contribution >= 0.6 is 0 Å². The molecule has 0 amide bonds. The Bertz CT molecular complexity index is 429. The number of nitriles is 1. The molecule has 0 saturated heterocycles. The van der Waals surface area contributed by atoms with Crippen molar-refractivity contribution in [2.75, 3.05) is 0 Å². The molecule has 1 aromatic carbocycles. The van der Waals surface area contributed by atoms with Crippen molar-refractivity contribution >= 4 is 5.78 Å². The minimum absolute atomic E-state index is 0.102. The lowest BCUT2D eigenvalue weighted by atomic mass is 10.0. The van der Waals surface area contributed by atoms with Gasteiger partial charge in [0.15, 0.2) is 5.78 Å². The van der Waals surface area contributed by atoms with Crippen LogP contribution in [0.3, 0.4) is 0 Å². The van der Waals surface area contributed by atoms with Gasteiger partial charge in [0, 0.05) is 5.56 Å². The molecule has 0 heterocycles. The van der Waals surface area contributed by atoms with Gasteiger partial charge in [-0.25, -0.2) is 4.39 Å². The van der Waals surface area contributed by atoms with Gasteiger partial charge in [0.05, 0.1) is 5.56 Å². The third kappa shape index (κ3) is 1.86. The molecule has 70 valence electrons. The molecule has 0 bridgehead atoms. The summed E-state index contributed by atoms with van der Waals surface area (Å²) >= 11 is 0. The molecule has 0 aliphatic carbocycles. The summed E-state index contributed by atoms with van der Waals surface area (Å²) in [6.45, 7) is 1.68. The summed E-state index contributed by atoms with van der Waals surface area (Å²) in [7, 11) is 0. The molecule has 0 saturated carbocycles. The summed E-state index contributed by atoms with van der Waals surface area (Å²) in [6.07, 6.45) is 2.85. The molecule has 0 N–H and O–H groups in total. The SMILES string of the molecule is CC=CC(=O)c1cccc(F)c1C#N. The number of rotatable bonds is 2. The Morgan fingerprint density at radius 1 is 1.57 bits per heavy atom. The zero-order chi connectivity index (χ0) is 10.6. The number of halogens is 1. The van der Waals surface area contributed by atoms with Gasteiger partial charge in [-0.05, 0) is 25.1 Å². The Balaban J connectivity index is 3.29. The summed E-state index contributed by atoms with van der Waals surface area (Å²) in [6, 6.07) is 5.68. The van der Waals surface area contributed by atoms with Gasteiger partial charge >= 0.3 is 0 Å². The van der Waals surface area contributed by atoms with Crippen LogP contribution in [0.2, 0.25) is 0 Å². The first-order valence-corrected chi connectivity index (χ1v) is 4.06. The topological polar surface area (TPSA) is 40.9 Å². The van der Waals surface area contributed by atoms with E-state index in [1.807, 2.05) is 0 Å².